The summed E-state index contributed by atoms with van der Waals surface area (Å²) in [6, 6.07) is -0.0540. The molecule has 0 saturated heterocycles. The summed E-state index contributed by atoms with van der Waals surface area (Å²) in [7, 11) is 1.76. The molecule has 0 bridgehead atoms. The predicted octanol–water partition coefficient (Wildman–Crippen LogP) is 3.06. The van der Waals surface area contributed by atoms with Crippen LogP contribution in [0, 0.1) is 12.3 Å². The maximum atomic E-state index is 12.0. The summed E-state index contributed by atoms with van der Waals surface area (Å²) in [4.78, 5) is 21.4. The number of nitrogens with one attached hydrogen (secondary N) is 2. The van der Waals surface area contributed by atoms with Gasteiger partial charge in [-0.25, -0.2) is 9.78 Å². The lowest BCUT2D eigenvalue weighted by molar-refractivity contribution is 0.0531. The molecule has 1 aromatic heterocycles. The van der Waals surface area contributed by atoms with Crippen molar-refractivity contribution in [3.8, 4) is 0 Å². The van der Waals surface area contributed by atoms with Crippen LogP contribution in [0.3, 0.4) is 0 Å². The highest BCUT2D eigenvalue weighted by Crippen LogP contribution is 2.48. The number of aromatic nitrogens is 1. The zero-order valence-electron chi connectivity index (χ0n) is 17.1. The fourth-order valence-corrected chi connectivity index (χ4v) is 3.81. The fraction of sp³-hybridized carbons (Fsp3) is 0.737. The van der Waals surface area contributed by atoms with Crippen LogP contribution in [-0.4, -0.2) is 50.3 Å². The zero-order valence-corrected chi connectivity index (χ0v) is 17.9. The largest absolute Gasteiger partial charge is 0.462 e. The first-order valence-corrected chi connectivity index (χ1v) is 10.5. The van der Waals surface area contributed by atoms with Gasteiger partial charge in [0.1, 0.15) is 9.88 Å². The molecule has 1 unspecified atom stereocenters. The van der Waals surface area contributed by atoms with E-state index in [0.29, 0.717) is 22.6 Å². The van der Waals surface area contributed by atoms with Crippen molar-refractivity contribution in [3.63, 3.8) is 0 Å². The van der Waals surface area contributed by atoms with E-state index < -0.39 is 0 Å². The molecular formula is C19H32N4O3S. The van der Waals surface area contributed by atoms with E-state index >= 15 is 0 Å². The van der Waals surface area contributed by atoms with Crippen LogP contribution in [0.15, 0.2) is 4.99 Å². The average molecular weight is 397 g/mol. The molecule has 0 amide bonds. The summed E-state index contributed by atoms with van der Waals surface area (Å²) in [6.45, 7) is 10.5. The number of guanidine groups is 1. The minimum atomic E-state index is -0.307. The van der Waals surface area contributed by atoms with Gasteiger partial charge in [-0.05, 0) is 52.4 Å². The Balaban J connectivity index is 1.89. The molecule has 1 atom stereocenters. The van der Waals surface area contributed by atoms with Crippen LogP contribution in [0.2, 0.25) is 0 Å². The molecule has 1 saturated carbocycles. The summed E-state index contributed by atoms with van der Waals surface area (Å²) in [5, 5.41) is 7.64. The highest BCUT2D eigenvalue weighted by Gasteiger charge is 2.42. The molecule has 1 fully saturated rings. The van der Waals surface area contributed by atoms with Crippen LogP contribution in [0.5, 0.6) is 0 Å². The summed E-state index contributed by atoms with van der Waals surface area (Å²) in [5.74, 6) is 0.439. The number of aliphatic imine (C=N–C) groups is 1. The lowest BCUT2D eigenvalue weighted by Gasteiger charge is -2.20. The molecule has 1 aliphatic carbocycles. The first-order chi connectivity index (χ1) is 12.9. The molecule has 0 spiro atoms. The third kappa shape index (κ3) is 6.17. The number of ether oxygens (including phenoxy) is 2. The minimum absolute atomic E-state index is 0.0540. The van der Waals surface area contributed by atoms with Gasteiger partial charge in [0.15, 0.2) is 5.96 Å². The lowest BCUT2D eigenvalue weighted by Crippen LogP contribution is -2.41. The first-order valence-electron chi connectivity index (χ1n) is 9.64. The van der Waals surface area contributed by atoms with Crippen LogP contribution in [0.25, 0.3) is 0 Å². The smallest absolute Gasteiger partial charge is 0.350 e. The number of carbonyl (C=O) groups excluding carboxylic acids is 1. The van der Waals surface area contributed by atoms with Crippen molar-refractivity contribution in [2.45, 2.75) is 53.0 Å². The normalized spacial score (nSPS) is 16.7. The maximum Gasteiger partial charge on any atom is 0.350 e. The number of hydrogen-bond acceptors (Lipinski definition) is 6. The quantitative estimate of drug-likeness (QED) is 0.274. The molecule has 7 nitrogen and oxygen atoms in total. The van der Waals surface area contributed by atoms with E-state index in [4.69, 9.17) is 9.47 Å². The Kier molecular flexibility index (Phi) is 8.04. The molecule has 2 rings (SSSR count). The number of nitrogens with zero attached hydrogens (tertiary/aromatic N) is 2. The molecule has 1 aromatic rings. The molecule has 0 aliphatic heterocycles. The van der Waals surface area contributed by atoms with Crippen LogP contribution < -0.4 is 10.6 Å². The average Bonchev–Trinajstić information content (AvgIpc) is 3.31. The Hall–Kier alpha value is -1.67. The van der Waals surface area contributed by atoms with Gasteiger partial charge < -0.3 is 20.1 Å². The van der Waals surface area contributed by atoms with Crippen molar-refractivity contribution >= 4 is 23.3 Å². The van der Waals surface area contributed by atoms with Gasteiger partial charge in [-0.15, -0.1) is 11.3 Å². The number of carbonyl (C=O) groups is 1. The summed E-state index contributed by atoms with van der Waals surface area (Å²) in [6.07, 6.45) is 3.54. The van der Waals surface area contributed by atoms with Gasteiger partial charge in [0.2, 0.25) is 0 Å². The second kappa shape index (κ2) is 10.0. The Bertz CT molecular complexity index is 655. The number of hydrogen-bond donors (Lipinski definition) is 2. The number of rotatable bonds is 10. The molecule has 0 radical (unpaired) electrons. The molecular weight excluding hydrogens is 364 g/mol. The standard InChI is InChI=1S/C19H32N4O3S/c1-6-25-11-10-19(8-9-19)12-21-18(20-5)23-14(4)16-22-13(3)15(27-16)17(24)26-7-2/h14H,6-12H2,1-5H3,(H2,20,21,23). The maximum absolute atomic E-state index is 12.0. The van der Waals surface area contributed by atoms with E-state index in [1.54, 1.807) is 14.0 Å². The van der Waals surface area contributed by atoms with E-state index in [9.17, 15) is 4.79 Å². The Morgan fingerprint density at radius 3 is 2.70 bits per heavy atom. The Morgan fingerprint density at radius 2 is 2.11 bits per heavy atom. The highest BCUT2D eigenvalue weighted by molar-refractivity contribution is 7.13. The van der Waals surface area contributed by atoms with Gasteiger partial charge in [0.05, 0.1) is 18.3 Å². The van der Waals surface area contributed by atoms with Crippen molar-refractivity contribution < 1.29 is 14.3 Å². The van der Waals surface area contributed by atoms with Gasteiger partial charge in [-0.1, -0.05) is 0 Å². The van der Waals surface area contributed by atoms with Crippen molar-refractivity contribution in [2.24, 2.45) is 10.4 Å². The topological polar surface area (TPSA) is 84.8 Å². The third-order valence-corrected chi connectivity index (χ3v) is 6.11. The third-order valence-electron chi connectivity index (χ3n) is 4.79. The Morgan fingerprint density at radius 1 is 1.37 bits per heavy atom. The SMILES string of the molecule is CCOCCC1(CNC(=NC)NC(C)c2nc(C)c(C(=O)OCC)s2)CC1. The van der Waals surface area contributed by atoms with Crippen LogP contribution in [0.4, 0.5) is 0 Å². The summed E-state index contributed by atoms with van der Waals surface area (Å²) in [5.41, 5.74) is 1.04. The second-order valence-corrected chi connectivity index (χ2v) is 7.96. The van der Waals surface area contributed by atoms with Crippen LogP contribution in [0.1, 0.15) is 66.4 Å². The fourth-order valence-electron chi connectivity index (χ4n) is 2.85. The van der Waals surface area contributed by atoms with Crippen molar-refractivity contribution in [1.29, 1.82) is 0 Å². The van der Waals surface area contributed by atoms with Gasteiger partial charge in [0, 0.05) is 26.8 Å². The lowest BCUT2D eigenvalue weighted by atomic mass is 10.0. The number of aryl methyl sites for hydroxylation is 1. The summed E-state index contributed by atoms with van der Waals surface area (Å²) >= 11 is 1.37. The molecule has 1 heterocycles. The molecule has 152 valence electrons. The Labute approximate surface area is 166 Å². The highest BCUT2D eigenvalue weighted by atomic mass is 32.1. The van der Waals surface area contributed by atoms with E-state index in [1.165, 1.54) is 24.2 Å². The molecule has 1 aliphatic rings. The van der Waals surface area contributed by atoms with E-state index in [0.717, 1.165) is 37.1 Å². The molecule has 27 heavy (non-hydrogen) atoms. The van der Waals surface area contributed by atoms with Gasteiger partial charge in [-0.3, -0.25) is 4.99 Å². The van der Waals surface area contributed by atoms with Crippen LogP contribution >= 0.6 is 11.3 Å². The predicted molar refractivity (Wildman–Crippen MR) is 108 cm³/mol. The van der Waals surface area contributed by atoms with Crippen molar-refractivity contribution in [3.05, 3.63) is 15.6 Å². The zero-order chi connectivity index (χ0) is 19.9. The van der Waals surface area contributed by atoms with Gasteiger partial charge >= 0.3 is 5.97 Å². The molecule has 0 aromatic carbocycles. The van der Waals surface area contributed by atoms with Gasteiger partial charge in [-0.2, -0.15) is 0 Å². The first kappa shape index (κ1) is 21.6. The molecule has 2 N–H and O–H groups in total. The van der Waals surface area contributed by atoms with E-state index in [1.807, 2.05) is 20.8 Å². The summed E-state index contributed by atoms with van der Waals surface area (Å²) < 4.78 is 10.6. The van der Waals surface area contributed by atoms with E-state index in [2.05, 4.69) is 20.6 Å². The monoisotopic (exact) mass is 396 g/mol. The van der Waals surface area contributed by atoms with Gasteiger partial charge in [0.25, 0.3) is 0 Å². The van der Waals surface area contributed by atoms with Crippen molar-refractivity contribution in [2.75, 3.05) is 33.4 Å². The number of thiazole rings is 1. The minimum Gasteiger partial charge on any atom is -0.462 e. The second-order valence-electron chi connectivity index (χ2n) is 6.93. The number of esters is 1. The molecule has 8 heteroatoms. The van der Waals surface area contributed by atoms with Crippen molar-refractivity contribution in [1.82, 2.24) is 15.6 Å². The van der Waals surface area contributed by atoms with Crippen LogP contribution in [-0.2, 0) is 9.47 Å². The van der Waals surface area contributed by atoms with E-state index in [-0.39, 0.29) is 12.0 Å².